The van der Waals surface area contributed by atoms with Crippen LogP contribution in [0.2, 0.25) is 0 Å². The van der Waals surface area contributed by atoms with Gasteiger partial charge in [0.15, 0.2) is 5.82 Å². The van der Waals surface area contributed by atoms with Crippen LogP contribution in [-0.2, 0) is 0 Å². The van der Waals surface area contributed by atoms with Crippen molar-refractivity contribution in [2.24, 2.45) is 0 Å². The summed E-state index contributed by atoms with van der Waals surface area (Å²) in [5.41, 5.74) is -0.271. The van der Waals surface area contributed by atoms with Crippen molar-refractivity contribution in [2.45, 2.75) is 56.3 Å². The number of benzene rings is 2. The van der Waals surface area contributed by atoms with E-state index in [0.29, 0.717) is 48.1 Å². The zero-order valence-electron chi connectivity index (χ0n) is 24.2. The van der Waals surface area contributed by atoms with Crippen LogP contribution in [0.3, 0.4) is 0 Å². The van der Waals surface area contributed by atoms with E-state index < -0.39 is 23.3 Å². The van der Waals surface area contributed by atoms with Gasteiger partial charge in [-0.3, -0.25) is 4.90 Å². The average molecular weight is 604 g/mol. The molecule has 2 aromatic heterocycles. The Morgan fingerprint density at radius 2 is 2.00 bits per heavy atom. The summed E-state index contributed by atoms with van der Waals surface area (Å²) in [5, 5.41) is 11.8. The third kappa shape index (κ3) is 4.19. The van der Waals surface area contributed by atoms with Crippen LogP contribution < -0.4 is 14.4 Å². The highest BCUT2D eigenvalue weighted by atomic mass is 19.1. The molecule has 0 radical (unpaired) electrons. The second-order valence-electron chi connectivity index (χ2n) is 12.4. The maximum atomic E-state index is 16.9. The molecule has 228 valence electrons. The van der Waals surface area contributed by atoms with Crippen molar-refractivity contribution in [1.29, 1.82) is 0 Å². The minimum absolute atomic E-state index is 0.00264. The summed E-state index contributed by atoms with van der Waals surface area (Å²) in [6.07, 6.45) is 5.46. The van der Waals surface area contributed by atoms with Crippen LogP contribution in [0.5, 0.6) is 17.6 Å². The molecule has 1 N–H and O–H groups in total. The number of rotatable bonds is 5. The number of hydrogen-bond donors (Lipinski definition) is 1. The Morgan fingerprint density at radius 3 is 2.86 bits per heavy atom. The highest BCUT2D eigenvalue weighted by Crippen LogP contribution is 2.45. The molecular weight excluding hydrogens is 571 g/mol. The van der Waals surface area contributed by atoms with E-state index in [1.165, 1.54) is 30.3 Å². The van der Waals surface area contributed by atoms with E-state index in [1.54, 1.807) is 0 Å². The summed E-state index contributed by atoms with van der Waals surface area (Å²) in [6.45, 7) is 6.20. The number of phenolic OH excluding ortho intramolecular Hbond substituents is 1. The number of phenols is 1. The monoisotopic (exact) mass is 603 g/mol. The number of ether oxygens (including phenoxy) is 2. The molecule has 2 aromatic carbocycles. The van der Waals surface area contributed by atoms with Crippen LogP contribution in [0, 0.1) is 11.6 Å². The smallest absolute Gasteiger partial charge is 0.319 e. The Bertz CT molecular complexity index is 1840. The van der Waals surface area contributed by atoms with Crippen LogP contribution >= 0.6 is 0 Å². The first-order valence-corrected chi connectivity index (χ1v) is 15.3. The Balaban J connectivity index is 1.33. The SMILES string of the molecule is C=Cc1c(F)ccc2cc(O)cc(-c3nc4c5c(nc(OCC67CCCN6C[C@H](F)C7)nc5c3F)N3CCCC[C@H]3CO4)c12. The van der Waals surface area contributed by atoms with Crippen molar-refractivity contribution in [3.05, 3.63) is 48.0 Å². The highest BCUT2D eigenvalue weighted by Gasteiger charge is 2.49. The lowest BCUT2D eigenvalue weighted by Crippen LogP contribution is -2.44. The summed E-state index contributed by atoms with van der Waals surface area (Å²) >= 11 is 0. The molecule has 4 aliphatic heterocycles. The number of fused-ring (bicyclic) bond motifs is 4. The Labute approximate surface area is 252 Å². The molecule has 0 spiro atoms. The van der Waals surface area contributed by atoms with Gasteiger partial charge in [0.05, 0.1) is 11.6 Å². The van der Waals surface area contributed by atoms with Crippen molar-refractivity contribution in [2.75, 3.05) is 37.7 Å². The van der Waals surface area contributed by atoms with Gasteiger partial charge in [0, 0.05) is 36.0 Å². The summed E-state index contributed by atoms with van der Waals surface area (Å²) in [4.78, 5) is 18.3. The number of anilines is 1. The third-order valence-corrected chi connectivity index (χ3v) is 9.80. The van der Waals surface area contributed by atoms with Crippen LogP contribution in [0.4, 0.5) is 19.0 Å². The molecule has 0 saturated carbocycles. The van der Waals surface area contributed by atoms with Crippen molar-refractivity contribution in [1.82, 2.24) is 19.9 Å². The van der Waals surface area contributed by atoms with Gasteiger partial charge in [-0.15, -0.1) is 0 Å². The molecule has 3 atom stereocenters. The van der Waals surface area contributed by atoms with E-state index in [-0.39, 0.29) is 52.6 Å². The fourth-order valence-electron chi connectivity index (χ4n) is 7.77. The average Bonchev–Trinajstić information content (AvgIpc) is 3.49. The highest BCUT2D eigenvalue weighted by molar-refractivity contribution is 6.05. The van der Waals surface area contributed by atoms with E-state index >= 15 is 4.39 Å². The van der Waals surface area contributed by atoms with Gasteiger partial charge in [0.2, 0.25) is 5.88 Å². The van der Waals surface area contributed by atoms with Crippen molar-refractivity contribution < 1.29 is 27.8 Å². The van der Waals surface area contributed by atoms with Crippen molar-refractivity contribution in [3.8, 4) is 28.9 Å². The Kier molecular flexibility index (Phi) is 6.37. The van der Waals surface area contributed by atoms with Crippen LogP contribution in [-0.4, -0.2) is 75.6 Å². The van der Waals surface area contributed by atoms with Crippen LogP contribution in [0.1, 0.15) is 44.1 Å². The molecule has 11 heteroatoms. The van der Waals surface area contributed by atoms with Gasteiger partial charge in [-0.05, 0) is 62.2 Å². The van der Waals surface area contributed by atoms with Gasteiger partial charge < -0.3 is 19.5 Å². The van der Waals surface area contributed by atoms with Gasteiger partial charge in [-0.25, -0.2) is 18.2 Å². The third-order valence-electron chi connectivity index (χ3n) is 9.80. The Morgan fingerprint density at radius 1 is 1.11 bits per heavy atom. The maximum Gasteiger partial charge on any atom is 0.319 e. The largest absolute Gasteiger partial charge is 0.508 e. The molecule has 0 aliphatic carbocycles. The second-order valence-corrected chi connectivity index (χ2v) is 12.4. The number of piperidine rings is 1. The summed E-state index contributed by atoms with van der Waals surface area (Å²) in [7, 11) is 0. The normalized spacial score (nSPS) is 24.7. The van der Waals surface area contributed by atoms with E-state index in [0.717, 1.165) is 38.6 Å². The predicted molar refractivity (Wildman–Crippen MR) is 161 cm³/mol. The zero-order valence-corrected chi connectivity index (χ0v) is 24.2. The van der Waals surface area contributed by atoms with Gasteiger partial charge in [0.25, 0.3) is 0 Å². The minimum atomic E-state index is -0.914. The summed E-state index contributed by atoms with van der Waals surface area (Å²) < 4.78 is 58.7. The van der Waals surface area contributed by atoms with Gasteiger partial charge in [0.1, 0.15) is 53.4 Å². The Hall–Kier alpha value is -4.12. The number of hydrogen-bond acceptors (Lipinski definition) is 8. The molecule has 44 heavy (non-hydrogen) atoms. The minimum Gasteiger partial charge on any atom is -0.508 e. The van der Waals surface area contributed by atoms with Crippen molar-refractivity contribution >= 4 is 33.6 Å². The summed E-state index contributed by atoms with van der Waals surface area (Å²) in [5.74, 6) is -0.774. The molecule has 0 amide bonds. The van der Waals surface area contributed by atoms with E-state index in [1.807, 2.05) is 0 Å². The van der Waals surface area contributed by atoms with Crippen molar-refractivity contribution in [3.63, 3.8) is 0 Å². The van der Waals surface area contributed by atoms with Gasteiger partial charge in [-0.1, -0.05) is 18.7 Å². The molecule has 8 nitrogen and oxygen atoms in total. The lowest BCUT2D eigenvalue weighted by atomic mass is 9.95. The first-order chi connectivity index (χ1) is 21.3. The molecule has 8 rings (SSSR count). The van der Waals surface area contributed by atoms with E-state index in [9.17, 15) is 13.9 Å². The lowest BCUT2D eigenvalue weighted by molar-refractivity contribution is 0.107. The fraction of sp³-hybridized carbons (Fsp3) is 0.424. The fourth-order valence-corrected chi connectivity index (χ4v) is 7.77. The molecule has 0 bridgehead atoms. The topological polar surface area (TPSA) is 83.8 Å². The molecule has 6 heterocycles. The maximum absolute atomic E-state index is 16.9. The number of aromatic hydroxyl groups is 1. The predicted octanol–water partition coefficient (Wildman–Crippen LogP) is 6.18. The quantitative estimate of drug-likeness (QED) is 0.290. The number of halogens is 3. The first-order valence-electron chi connectivity index (χ1n) is 15.3. The van der Waals surface area contributed by atoms with Gasteiger partial charge in [-0.2, -0.15) is 9.97 Å². The lowest BCUT2D eigenvalue weighted by Gasteiger charge is -2.35. The first kappa shape index (κ1) is 27.4. The zero-order chi connectivity index (χ0) is 30.2. The van der Waals surface area contributed by atoms with Crippen LogP contribution in [0.25, 0.3) is 39.0 Å². The molecule has 4 aromatic rings. The second kappa shape index (κ2) is 10.2. The van der Waals surface area contributed by atoms with E-state index in [2.05, 4.69) is 26.3 Å². The number of aromatic nitrogens is 3. The number of alkyl halides is 1. The molecule has 4 aliphatic rings. The summed E-state index contributed by atoms with van der Waals surface area (Å²) in [6, 6.07) is 5.65. The molecule has 1 unspecified atom stereocenters. The van der Waals surface area contributed by atoms with E-state index in [4.69, 9.17) is 14.5 Å². The van der Waals surface area contributed by atoms with Crippen LogP contribution in [0.15, 0.2) is 30.8 Å². The van der Waals surface area contributed by atoms with Gasteiger partial charge >= 0.3 is 6.01 Å². The molecule has 3 saturated heterocycles. The molecular formula is C33H32F3N5O3. The standard InChI is InChI=1S/C33H32F3N5O3/c1-2-22-24(35)8-7-18-12-21(42)13-23(25(18)22)28-27(36)29-26-30(41-11-4-3-6-20(41)16-43-31(26)37-28)39-32(38-29)44-17-33-9-5-10-40(33)15-19(34)14-33/h2,7-8,12-13,19-20,42H,1,3-6,9-11,14-17H2/t19-,20+,33?/m1/s1. The number of pyridine rings is 1. The number of nitrogens with zero attached hydrogens (tertiary/aromatic N) is 5. The molecule has 3 fully saturated rings.